The molecular formula is C20H12N2O6S2. The molecule has 0 bridgehead atoms. The molecule has 3 rings (SSSR count). The molecule has 3 aromatic rings. The fourth-order valence-corrected chi connectivity index (χ4v) is 4.36. The van der Waals surface area contributed by atoms with Crippen LogP contribution in [0.15, 0.2) is 82.6 Å². The van der Waals surface area contributed by atoms with Crippen LogP contribution >= 0.6 is 0 Å². The van der Waals surface area contributed by atoms with Crippen molar-refractivity contribution in [1.29, 1.82) is 10.5 Å². The van der Waals surface area contributed by atoms with Crippen LogP contribution in [0.5, 0.6) is 11.5 Å². The molecule has 0 spiro atoms. The Morgan fingerprint density at radius 3 is 1.20 bits per heavy atom. The van der Waals surface area contributed by atoms with E-state index in [1.54, 1.807) is 24.3 Å². The van der Waals surface area contributed by atoms with Crippen LogP contribution in [0.1, 0.15) is 11.1 Å². The van der Waals surface area contributed by atoms with Crippen molar-refractivity contribution < 1.29 is 25.2 Å². The normalized spacial score (nSPS) is 11.1. The first-order valence-corrected chi connectivity index (χ1v) is 11.1. The lowest BCUT2D eigenvalue weighted by Crippen LogP contribution is -2.13. The van der Waals surface area contributed by atoms with Gasteiger partial charge in [-0.1, -0.05) is 36.4 Å². The summed E-state index contributed by atoms with van der Waals surface area (Å²) >= 11 is 0. The maximum atomic E-state index is 12.4. The molecule has 0 amide bonds. The summed E-state index contributed by atoms with van der Waals surface area (Å²) in [4.78, 5) is -0.307. The molecular weight excluding hydrogens is 428 g/mol. The predicted octanol–water partition coefficient (Wildman–Crippen LogP) is 2.97. The summed E-state index contributed by atoms with van der Waals surface area (Å²) in [6.07, 6.45) is 0. The van der Waals surface area contributed by atoms with E-state index in [-0.39, 0.29) is 9.79 Å². The molecule has 0 N–H and O–H groups in total. The first kappa shape index (κ1) is 20.9. The Hall–Kier alpha value is -3.86. The van der Waals surface area contributed by atoms with Crippen molar-refractivity contribution in [3.8, 4) is 23.6 Å². The summed E-state index contributed by atoms with van der Waals surface area (Å²) in [5, 5.41) is 18.9. The highest BCUT2D eigenvalue weighted by molar-refractivity contribution is 7.87. The van der Waals surface area contributed by atoms with E-state index in [0.717, 1.165) is 12.1 Å². The standard InChI is InChI=1S/C20H12N2O6S2/c21-13-17-18(14-22)20(28-30(25,26)16-9-5-2-6-10-16)12-11-19(17)27-29(23,24)15-7-3-1-4-8-15/h1-12H. The maximum absolute atomic E-state index is 12.4. The second-order valence-electron chi connectivity index (χ2n) is 5.74. The van der Waals surface area contributed by atoms with Crippen LogP contribution in [0.3, 0.4) is 0 Å². The van der Waals surface area contributed by atoms with Crippen molar-refractivity contribution in [3.63, 3.8) is 0 Å². The van der Waals surface area contributed by atoms with Crippen molar-refractivity contribution in [3.05, 3.63) is 83.9 Å². The summed E-state index contributed by atoms with van der Waals surface area (Å²) < 4.78 is 59.7. The monoisotopic (exact) mass is 440 g/mol. The van der Waals surface area contributed by atoms with Crippen molar-refractivity contribution >= 4 is 20.2 Å². The Bertz CT molecular complexity index is 1260. The van der Waals surface area contributed by atoms with E-state index >= 15 is 0 Å². The van der Waals surface area contributed by atoms with Crippen LogP contribution < -0.4 is 8.37 Å². The molecule has 0 unspecified atom stereocenters. The van der Waals surface area contributed by atoms with Crippen LogP contribution in [0.2, 0.25) is 0 Å². The fraction of sp³-hybridized carbons (Fsp3) is 0. The number of hydrogen-bond acceptors (Lipinski definition) is 8. The lowest BCUT2D eigenvalue weighted by molar-refractivity contribution is 0.476. The van der Waals surface area contributed by atoms with Gasteiger partial charge < -0.3 is 8.37 Å². The number of benzene rings is 3. The fourth-order valence-electron chi connectivity index (χ4n) is 2.43. The lowest BCUT2D eigenvalue weighted by Gasteiger charge is -2.12. The van der Waals surface area contributed by atoms with Crippen LogP contribution in [-0.4, -0.2) is 16.8 Å². The maximum Gasteiger partial charge on any atom is 0.339 e. The molecule has 0 atom stereocenters. The molecule has 0 aliphatic carbocycles. The second-order valence-corrected chi connectivity index (χ2v) is 8.83. The molecule has 10 heteroatoms. The number of nitriles is 2. The van der Waals surface area contributed by atoms with E-state index in [0.29, 0.717) is 0 Å². The van der Waals surface area contributed by atoms with Gasteiger partial charge in [-0.15, -0.1) is 0 Å². The van der Waals surface area contributed by atoms with Crippen LogP contribution in [0.4, 0.5) is 0 Å². The molecule has 30 heavy (non-hydrogen) atoms. The number of rotatable bonds is 6. The minimum absolute atomic E-state index is 0.153. The lowest BCUT2D eigenvalue weighted by atomic mass is 10.1. The minimum Gasteiger partial charge on any atom is -0.377 e. The second kappa shape index (κ2) is 8.25. The van der Waals surface area contributed by atoms with Gasteiger partial charge in [-0.05, 0) is 36.4 Å². The highest BCUT2D eigenvalue weighted by atomic mass is 32.2. The molecule has 0 heterocycles. The van der Waals surface area contributed by atoms with Gasteiger partial charge in [-0.3, -0.25) is 0 Å². The zero-order valence-corrected chi connectivity index (χ0v) is 16.7. The molecule has 0 aliphatic heterocycles. The van der Waals surface area contributed by atoms with Gasteiger partial charge in [0.15, 0.2) is 11.5 Å². The number of nitrogens with zero attached hydrogens (tertiary/aromatic N) is 2. The Balaban J connectivity index is 2.02. The van der Waals surface area contributed by atoms with Gasteiger partial charge in [0.05, 0.1) is 0 Å². The Labute approximate surface area is 173 Å². The third-order valence-corrected chi connectivity index (χ3v) is 6.31. The zero-order valence-electron chi connectivity index (χ0n) is 15.1. The third-order valence-electron chi connectivity index (χ3n) is 3.82. The first-order chi connectivity index (χ1) is 14.3. The van der Waals surface area contributed by atoms with Gasteiger partial charge in [0.2, 0.25) is 0 Å². The average Bonchev–Trinajstić information content (AvgIpc) is 2.75. The minimum atomic E-state index is -4.28. The van der Waals surface area contributed by atoms with Gasteiger partial charge in [0.25, 0.3) is 0 Å². The molecule has 0 radical (unpaired) electrons. The molecule has 3 aromatic carbocycles. The van der Waals surface area contributed by atoms with Crippen molar-refractivity contribution in [2.75, 3.05) is 0 Å². The summed E-state index contributed by atoms with van der Waals surface area (Å²) in [5.41, 5.74) is -0.949. The summed E-state index contributed by atoms with van der Waals surface area (Å²) in [6, 6.07) is 19.9. The molecule has 0 aromatic heterocycles. The Morgan fingerprint density at radius 1 is 0.567 bits per heavy atom. The van der Waals surface area contributed by atoms with Gasteiger partial charge in [-0.25, -0.2) is 0 Å². The van der Waals surface area contributed by atoms with E-state index in [4.69, 9.17) is 8.37 Å². The Kier molecular flexibility index (Phi) is 5.74. The van der Waals surface area contributed by atoms with Crippen molar-refractivity contribution in [2.24, 2.45) is 0 Å². The SMILES string of the molecule is N#Cc1c(OS(=O)(=O)c2ccccc2)ccc(OS(=O)(=O)c2ccccc2)c1C#N. The van der Waals surface area contributed by atoms with Crippen LogP contribution in [0.25, 0.3) is 0 Å². The molecule has 0 saturated heterocycles. The zero-order chi connectivity index (χ0) is 21.8. The topological polar surface area (TPSA) is 134 Å². The van der Waals surface area contributed by atoms with Crippen molar-refractivity contribution in [1.82, 2.24) is 0 Å². The van der Waals surface area contributed by atoms with E-state index in [1.807, 2.05) is 0 Å². The molecule has 8 nitrogen and oxygen atoms in total. The Morgan fingerprint density at radius 2 is 0.900 bits per heavy atom. The smallest absolute Gasteiger partial charge is 0.339 e. The van der Waals surface area contributed by atoms with E-state index < -0.39 is 42.9 Å². The predicted molar refractivity (Wildman–Crippen MR) is 104 cm³/mol. The van der Waals surface area contributed by atoms with Gasteiger partial charge in [-0.2, -0.15) is 27.4 Å². The van der Waals surface area contributed by atoms with E-state index in [2.05, 4.69) is 0 Å². The van der Waals surface area contributed by atoms with Crippen molar-refractivity contribution in [2.45, 2.75) is 9.79 Å². The van der Waals surface area contributed by atoms with Gasteiger partial charge in [0, 0.05) is 0 Å². The highest BCUT2D eigenvalue weighted by Gasteiger charge is 2.25. The average molecular weight is 440 g/mol. The summed E-state index contributed by atoms with van der Waals surface area (Å²) in [6.45, 7) is 0. The number of hydrogen-bond donors (Lipinski definition) is 0. The molecule has 150 valence electrons. The van der Waals surface area contributed by atoms with Crippen LogP contribution in [0, 0.1) is 22.7 Å². The molecule has 0 aliphatic rings. The first-order valence-electron chi connectivity index (χ1n) is 8.25. The summed E-state index contributed by atoms with van der Waals surface area (Å²) in [7, 11) is -8.56. The summed E-state index contributed by atoms with van der Waals surface area (Å²) in [5.74, 6) is -0.857. The quantitative estimate of drug-likeness (QED) is 0.534. The van der Waals surface area contributed by atoms with Crippen LogP contribution in [-0.2, 0) is 20.2 Å². The van der Waals surface area contributed by atoms with Gasteiger partial charge in [0.1, 0.15) is 33.1 Å². The third kappa shape index (κ3) is 4.25. The largest absolute Gasteiger partial charge is 0.377 e. The highest BCUT2D eigenvalue weighted by Crippen LogP contribution is 2.33. The van der Waals surface area contributed by atoms with Gasteiger partial charge >= 0.3 is 20.2 Å². The molecule has 0 saturated carbocycles. The van der Waals surface area contributed by atoms with E-state index in [1.165, 1.54) is 48.5 Å². The molecule has 0 fully saturated rings. The van der Waals surface area contributed by atoms with E-state index in [9.17, 15) is 27.4 Å².